The fourth-order valence-electron chi connectivity index (χ4n) is 2.97. The van der Waals surface area contributed by atoms with Crippen molar-refractivity contribution in [2.45, 2.75) is 45.7 Å². The van der Waals surface area contributed by atoms with E-state index >= 15 is 0 Å². The zero-order chi connectivity index (χ0) is 11.4. The summed E-state index contributed by atoms with van der Waals surface area (Å²) < 4.78 is 0. The van der Waals surface area contributed by atoms with Crippen LogP contribution in [0.5, 0.6) is 0 Å². The molecule has 1 aromatic carbocycles. The summed E-state index contributed by atoms with van der Waals surface area (Å²) in [7, 11) is 0. The molecule has 2 unspecified atom stereocenters. The summed E-state index contributed by atoms with van der Waals surface area (Å²) in [5.41, 5.74) is 1.40. The molecule has 0 bridgehead atoms. The highest BCUT2D eigenvalue weighted by Crippen LogP contribution is 2.28. The van der Waals surface area contributed by atoms with Crippen molar-refractivity contribution in [1.29, 1.82) is 0 Å². The van der Waals surface area contributed by atoms with Gasteiger partial charge in [0.25, 0.3) is 0 Å². The number of benzene rings is 1. The molecule has 0 heterocycles. The Kier molecular flexibility index (Phi) is 4.00. The third-order valence-electron chi connectivity index (χ3n) is 3.62. The van der Waals surface area contributed by atoms with E-state index in [0.29, 0.717) is 0 Å². The molecule has 1 aliphatic carbocycles. The Labute approximate surface area is 99.3 Å². The molecule has 1 saturated carbocycles. The largest absolute Gasteiger partial charge is 0.310 e. The van der Waals surface area contributed by atoms with Crippen molar-refractivity contribution in [2.24, 2.45) is 11.8 Å². The molecule has 2 rings (SSSR count). The van der Waals surface area contributed by atoms with Crippen molar-refractivity contribution in [3.63, 3.8) is 0 Å². The molecule has 0 amide bonds. The standard InChI is InChI=1S/C15H23N/c1-12-8-13(2)10-15(9-12)16-11-14-6-4-3-5-7-14/h3-7,12-13,15-16H,8-11H2,1-2H3. The van der Waals surface area contributed by atoms with Crippen LogP contribution in [0.2, 0.25) is 0 Å². The van der Waals surface area contributed by atoms with Gasteiger partial charge in [-0.2, -0.15) is 0 Å². The van der Waals surface area contributed by atoms with Crippen molar-refractivity contribution in [3.05, 3.63) is 35.9 Å². The number of rotatable bonds is 3. The molecule has 1 aromatic rings. The Morgan fingerprint density at radius 2 is 1.62 bits per heavy atom. The topological polar surface area (TPSA) is 12.0 Å². The Morgan fingerprint density at radius 1 is 1.00 bits per heavy atom. The van der Waals surface area contributed by atoms with Crippen molar-refractivity contribution < 1.29 is 0 Å². The van der Waals surface area contributed by atoms with E-state index < -0.39 is 0 Å². The Balaban J connectivity index is 1.81. The average Bonchev–Trinajstić information content (AvgIpc) is 2.27. The summed E-state index contributed by atoms with van der Waals surface area (Å²) in [5, 5.41) is 3.70. The van der Waals surface area contributed by atoms with Gasteiger partial charge >= 0.3 is 0 Å². The predicted octanol–water partition coefficient (Wildman–Crippen LogP) is 3.60. The van der Waals surface area contributed by atoms with E-state index in [1.54, 1.807) is 0 Å². The molecule has 1 aliphatic rings. The lowest BCUT2D eigenvalue weighted by molar-refractivity contribution is 0.238. The van der Waals surface area contributed by atoms with Gasteiger partial charge in [0.15, 0.2) is 0 Å². The van der Waals surface area contributed by atoms with Gasteiger partial charge in [0, 0.05) is 12.6 Å². The van der Waals surface area contributed by atoms with Gasteiger partial charge in [-0.1, -0.05) is 44.2 Å². The molecule has 1 fully saturated rings. The van der Waals surface area contributed by atoms with Crippen LogP contribution >= 0.6 is 0 Å². The van der Waals surface area contributed by atoms with E-state index in [4.69, 9.17) is 0 Å². The summed E-state index contributed by atoms with van der Waals surface area (Å²) in [6.07, 6.45) is 4.10. The Bertz CT molecular complexity index is 296. The first-order chi connectivity index (χ1) is 7.74. The van der Waals surface area contributed by atoms with Crippen LogP contribution < -0.4 is 5.32 Å². The summed E-state index contributed by atoms with van der Waals surface area (Å²) in [4.78, 5) is 0. The first-order valence-electron chi connectivity index (χ1n) is 6.51. The molecule has 1 heteroatoms. The number of nitrogens with one attached hydrogen (secondary N) is 1. The highest BCUT2D eigenvalue weighted by Gasteiger charge is 2.23. The van der Waals surface area contributed by atoms with Crippen molar-refractivity contribution >= 4 is 0 Å². The van der Waals surface area contributed by atoms with Gasteiger partial charge in [-0.05, 0) is 36.7 Å². The van der Waals surface area contributed by atoms with E-state index in [2.05, 4.69) is 49.5 Å². The van der Waals surface area contributed by atoms with E-state index in [-0.39, 0.29) is 0 Å². The van der Waals surface area contributed by atoms with Crippen LogP contribution in [-0.4, -0.2) is 6.04 Å². The molecule has 1 nitrogen and oxygen atoms in total. The molecule has 0 aliphatic heterocycles. The molecule has 16 heavy (non-hydrogen) atoms. The summed E-state index contributed by atoms with van der Waals surface area (Å²) >= 11 is 0. The van der Waals surface area contributed by atoms with Gasteiger partial charge in [-0.3, -0.25) is 0 Å². The van der Waals surface area contributed by atoms with Crippen LogP contribution in [0.4, 0.5) is 0 Å². The SMILES string of the molecule is CC1CC(C)CC(NCc2ccccc2)C1. The first-order valence-corrected chi connectivity index (χ1v) is 6.51. The molecule has 1 N–H and O–H groups in total. The van der Waals surface area contributed by atoms with Gasteiger partial charge in [-0.25, -0.2) is 0 Å². The lowest BCUT2D eigenvalue weighted by Crippen LogP contribution is -2.35. The van der Waals surface area contributed by atoms with E-state index in [1.807, 2.05) is 0 Å². The normalized spacial score (nSPS) is 30.2. The zero-order valence-electron chi connectivity index (χ0n) is 10.4. The molecule has 88 valence electrons. The Hall–Kier alpha value is -0.820. The minimum Gasteiger partial charge on any atom is -0.310 e. The van der Waals surface area contributed by atoms with Crippen LogP contribution in [-0.2, 0) is 6.54 Å². The lowest BCUT2D eigenvalue weighted by atomic mass is 9.80. The molecular formula is C15H23N. The first kappa shape index (κ1) is 11.7. The molecular weight excluding hydrogens is 194 g/mol. The van der Waals surface area contributed by atoms with Gasteiger partial charge in [0.2, 0.25) is 0 Å². The summed E-state index contributed by atoms with van der Waals surface area (Å²) in [6, 6.07) is 11.4. The average molecular weight is 217 g/mol. The van der Waals surface area contributed by atoms with Crippen molar-refractivity contribution in [3.8, 4) is 0 Å². The molecule has 0 aromatic heterocycles. The summed E-state index contributed by atoms with van der Waals surface area (Å²) in [5.74, 6) is 1.77. The molecule has 0 radical (unpaired) electrons. The molecule has 2 atom stereocenters. The second kappa shape index (κ2) is 5.49. The van der Waals surface area contributed by atoms with Gasteiger partial charge in [-0.15, -0.1) is 0 Å². The highest BCUT2D eigenvalue weighted by molar-refractivity contribution is 5.14. The highest BCUT2D eigenvalue weighted by atomic mass is 14.9. The maximum Gasteiger partial charge on any atom is 0.0208 e. The smallest absolute Gasteiger partial charge is 0.0208 e. The Morgan fingerprint density at radius 3 is 2.25 bits per heavy atom. The minimum absolute atomic E-state index is 0.721. The van der Waals surface area contributed by atoms with E-state index in [1.165, 1.54) is 24.8 Å². The second-order valence-electron chi connectivity index (χ2n) is 5.48. The number of hydrogen-bond acceptors (Lipinski definition) is 1. The third kappa shape index (κ3) is 3.34. The third-order valence-corrected chi connectivity index (χ3v) is 3.62. The van der Waals surface area contributed by atoms with E-state index in [0.717, 1.165) is 24.4 Å². The lowest BCUT2D eigenvalue weighted by Gasteiger charge is -2.32. The molecule has 0 saturated heterocycles. The maximum absolute atomic E-state index is 3.70. The summed E-state index contributed by atoms with van der Waals surface area (Å²) in [6.45, 7) is 5.78. The van der Waals surface area contributed by atoms with Gasteiger partial charge < -0.3 is 5.32 Å². The minimum atomic E-state index is 0.721. The monoisotopic (exact) mass is 217 g/mol. The van der Waals surface area contributed by atoms with Crippen molar-refractivity contribution in [1.82, 2.24) is 5.32 Å². The van der Waals surface area contributed by atoms with Gasteiger partial charge in [0.1, 0.15) is 0 Å². The van der Waals surface area contributed by atoms with Crippen LogP contribution in [0.3, 0.4) is 0 Å². The zero-order valence-corrected chi connectivity index (χ0v) is 10.4. The predicted molar refractivity (Wildman–Crippen MR) is 69.2 cm³/mol. The van der Waals surface area contributed by atoms with Crippen LogP contribution in [0, 0.1) is 11.8 Å². The molecule has 0 spiro atoms. The van der Waals surface area contributed by atoms with Crippen LogP contribution in [0.15, 0.2) is 30.3 Å². The quantitative estimate of drug-likeness (QED) is 0.815. The maximum atomic E-state index is 3.70. The van der Waals surface area contributed by atoms with Gasteiger partial charge in [0.05, 0.1) is 0 Å². The fraction of sp³-hybridized carbons (Fsp3) is 0.600. The van der Waals surface area contributed by atoms with Crippen LogP contribution in [0.1, 0.15) is 38.7 Å². The fourth-order valence-corrected chi connectivity index (χ4v) is 2.97. The van der Waals surface area contributed by atoms with E-state index in [9.17, 15) is 0 Å². The van der Waals surface area contributed by atoms with Crippen LogP contribution in [0.25, 0.3) is 0 Å². The van der Waals surface area contributed by atoms with Crippen molar-refractivity contribution in [2.75, 3.05) is 0 Å². The number of hydrogen-bond donors (Lipinski definition) is 1. The second-order valence-corrected chi connectivity index (χ2v) is 5.48.